The third kappa shape index (κ3) is 2.46. The van der Waals surface area contributed by atoms with Gasteiger partial charge in [-0.3, -0.25) is 4.79 Å². The summed E-state index contributed by atoms with van der Waals surface area (Å²) in [6.07, 6.45) is 0.708. The van der Waals surface area contributed by atoms with Crippen LogP contribution in [0.1, 0.15) is 16.8 Å². The summed E-state index contributed by atoms with van der Waals surface area (Å²) in [5, 5.41) is 0. The minimum absolute atomic E-state index is 0.141. The van der Waals surface area contributed by atoms with Gasteiger partial charge in [0, 0.05) is 31.1 Å². The molecule has 1 amide bonds. The van der Waals surface area contributed by atoms with Gasteiger partial charge < -0.3 is 4.90 Å². The third-order valence-corrected chi connectivity index (χ3v) is 3.45. The normalized spacial score (nSPS) is 19.3. The van der Waals surface area contributed by atoms with Crippen molar-refractivity contribution in [2.24, 2.45) is 5.92 Å². The number of nitrogens with zero attached hydrogens (tertiary/aromatic N) is 1. The Kier molecular flexibility index (Phi) is 3.80. The maximum Gasteiger partial charge on any atom is 0.259 e. The van der Waals surface area contributed by atoms with Gasteiger partial charge in [-0.15, -0.1) is 11.6 Å². The minimum atomic E-state index is -1.17. The number of alkyl halides is 1. The Bertz CT molecular complexity index is 457. The number of likely N-dealkylation sites (tertiary alicyclic amines) is 1. The predicted octanol–water partition coefficient (Wildman–Crippen LogP) is 2.80. The summed E-state index contributed by atoms with van der Waals surface area (Å²) in [5.41, 5.74) is -0.702. The van der Waals surface area contributed by atoms with Crippen LogP contribution >= 0.6 is 11.6 Å². The van der Waals surface area contributed by atoms with E-state index in [1.54, 1.807) is 0 Å². The summed E-state index contributed by atoms with van der Waals surface area (Å²) in [7, 11) is 0. The van der Waals surface area contributed by atoms with E-state index < -0.39 is 28.9 Å². The highest BCUT2D eigenvalue weighted by Gasteiger charge is 2.30. The average molecular weight is 278 g/mol. The number of carbonyl (C=O) groups excluding carboxylic acids is 1. The zero-order chi connectivity index (χ0) is 13.3. The number of halogens is 4. The molecule has 1 aromatic rings. The Morgan fingerprint density at radius 2 is 1.94 bits per heavy atom. The van der Waals surface area contributed by atoms with E-state index in [1.807, 2.05) is 0 Å². The van der Waals surface area contributed by atoms with E-state index in [0.29, 0.717) is 37.5 Å². The van der Waals surface area contributed by atoms with E-state index in [9.17, 15) is 18.0 Å². The molecule has 1 aliphatic heterocycles. The van der Waals surface area contributed by atoms with Crippen molar-refractivity contribution >= 4 is 17.5 Å². The molecule has 1 atom stereocenters. The number of amides is 1. The fourth-order valence-electron chi connectivity index (χ4n) is 2.05. The zero-order valence-electron chi connectivity index (χ0n) is 9.43. The van der Waals surface area contributed by atoms with Crippen LogP contribution in [0.4, 0.5) is 13.2 Å². The zero-order valence-corrected chi connectivity index (χ0v) is 10.2. The van der Waals surface area contributed by atoms with E-state index in [0.717, 1.165) is 0 Å². The summed E-state index contributed by atoms with van der Waals surface area (Å²) in [6.45, 7) is 0.783. The molecule has 2 rings (SSSR count). The van der Waals surface area contributed by atoms with Gasteiger partial charge in [0.05, 0.1) is 0 Å². The second kappa shape index (κ2) is 5.18. The van der Waals surface area contributed by atoms with Crippen LogP contribution in [0.5, 0.6) is 0 Å². The highest BCUT2D eigenvalue weighted by atomic mass is 35.5. The second-order valence-electron chi connectivity index (χ2n) is 4.30. The van der Waals surface area contributed by atoms with Crippen LogP contribution < -0.4 is 0 Å². The van der Waals surface area contributed by atoms with Gasteiger partial charge >= 0.3 is 0 Å². The van der Waals surface area contributed by atoms with Crippen molar-refractivity contribution in [2.75, 3.05) is 19.0 Å². The molecule has 1 aromatic carbocycles. The predicted molar refractivity (Wildman–Crippen MR) is 61.0 cm³/mol. The first-order valence-electron chi connectivity index (χ1n) is 5.52. The summed E-state index contributed by atoms with van der Waals surface area (Å²) < 4.78 is 39.6. The molecule has 98 valence electrons. The second-order valence-corrected chi connectivity index (χ2v) is 4.61. The van der Waals surface area contributed by atoms with Crippen LogP contribution in [0.3, 0.4) is 0 Å². The maximum atomic E-state index is 13.4. The van der Waals surface area contributed by atoms with Crippen molar-refractivity contribution in [3.8, 4) is 0 Å². The number of rotatable bonds is 2. The lowest BCUT2D eigenvalue weighted by molar-refractivity contribution is 0.0778. The maximum absolute atomic E-state index is 13.4. The summed E-state index contributed by atoms with van der Waals surface area (Å²) in [6, 6.07) is 1.01. The fraction of sp³-hybridized carbons (Fsp3) is 0.417. The Labute approximate surface area is 107 Å². The van der Waals surface area contributed by atoms with E-state index in [-0.39, 0.29) is 5.92 Å². The summed E-state index contributed by atoms with van der Waals surface area (Å²) in [5.74, 6) is -3.60. The molecular formula is C12H11ClF3NO. The molecule has 1 heterocycles. The molecular weight excluding hydrogens is 267 g/mol. The Morgan fingerprint density at radius 3 is 2.44 bits per heavy atom. The molecule has 1 unspecified atom stereocenters. The summed E-state index contributed by atoms with van der Waals surface area (Å²) >= 11 is 5.67. The van der Waals surface area contributed by atoms with Crippen LogP contribution in [0.25, 0.3) is 0 Å². The molecule has 0 bridgehead atoms. The van der Waals surface area contributed by atoms with Gasteiger partial charge in [0.15, 0.2) is 0 Å². The monoisotopic (exact) mass is 277 g/mol. The van der Waals surface area contributed by atoms with Crippen LogP contribution in [0.15, 0.2) is 12.1 Å². The molecule has 1 aliphatic rings. The fourth-order valence-corrected chi connectivity index (χ4v) is 2.30. The average Bonchev–Trinajstić information content (AvgIpc) is 2.75. The molecule has 2 nitrogen and oxygen atoms in total. The van der Waals surface area contributed by atoms with Crippen molar-refractivity contribution < 1.29 is 18.0 Å². The molecule has 6 heteroatoms. The number of benzene rings is 1. The van der Waals surface area contributed by atoms with Crippen LogP contribution in [-0.2, 0) is 0 Å². The lowest BCUT2D eigenvalue weighted by atomic mass is 10.1. The number of carbonyl (C=O) groups is 1. The smallest absolute Gasteiger partial charge is 0.259 e. The van der Waals surface area contributed by atoms with Crippen LogP contribution in [0.2, 0.25) is 0 Å². The molecule has 1 saturated heterocycles. The van der Waals surface area contributed by atoms with Gasteiger partial charge in [-0.25, -0.2) is 13.2 Å². The molecule has 0 aliphatic carbocycles. The molecule has 0 N–H and O–H groups in total. The van der Waals surface area contributed by atoms with Crippen molar-refractivity contribution in [1.82, 2.24) is 4.90 Å². The van der Waals surface area contributed by atoms with Crippen molar-refractivity contribution in [3.63, 3.8) is 0 Å². The van der Waals surface area contributed by atoms with Crippen LogP contribution in [0, 0.1) is 23.4 Å². The SMILES string of the molecule is O=C(c1c(F)cc(F)cc1F)N1CCC(CCl)C1. The molecule has 0 spiro atoms. The van der Waals surface area contributed by atoms with E-state index in [4.69, 9.17) is 11.6 Å². The van der Waals surface area contributed by atoms with E-state index in [1.165, 1.54) is 4.90 Å². The van der Waals surface area contributed by atoms with Crippen molar-refractivity contribution in [3.05, 3.63) is 35.1 Å². The Balaban J connectivity index is 2.25. The van der Waals surface area contributed by atoms with Gasteiger partial charge in [0.25, 0.3) is 5.91 Å². The van der Waals surface area contributed by atoms with Gasteiger partial charge in [-0.1, -0.05) is 0 Å². The van der Waals surface area contributed by atoms with Crippen LogP contribution in [-0.4, -0.2) is 29.8 Å². The number of hydrogen-bond acceptors (Lipinski definition) is 1. The highest BCUT2D eigenvalue weighted by Crippen LogP contribution is 2.22. The lowest BCUT2D eigenvalue weighted by Gasteiger charge is -2.17. The van der Waals surface area contributed by atoms with Gasteiger partial charge in [0.1, 0.15) is 23.0 Å². The third-order valence-electron chi connectivity index (χ3n) is 3.01. The van der Waals surface area contributed by atoms with E-state index in [2.05, 4.69) is 0 Å². The van der Waals surface area contributed by atoms with E-state index >= 15 is 0 Å². The lowest BCUT2D eigenvalue weighted by Crippen LogP contribution is -2.30. The molecule has 18 heavy (non-hydrogen) atoms. The molecule has 0 aromatic heterocycles. The first-order valence-corrected chi connectivity index (χ1v) is 6.06. The molecule has 1 fully saturated rings. The topological polar surface area (TPSA) is 20.3 Å². The highest BCUT2D eigenvalue weighted by molar-refractivity contribution is 6.18. The largest absolute Gasteiger partial charge is 0.338 e. The Hall–Kier alpha value is -1.23. The van der Waals surface area contributed by atoms with Gasteiger partial charge in [-0.2, -0.15) is 0 Å². The number of hydrogen-bond donors (Lipinski definition) is 0. The molecule has 0 radical (unpaired) electrons. The quantitative estimate of drug-likeness (QED) is 0.761. The Morgan fingerprint density at radius 1 is 1.33 bits per heavy atom. The minimum Gasteiger partial charge on any atom is -0.338 e. The van der Waals surface area contributed by atoms with Gasteiger partial charge in [0.2, 0.25) is 0 Å². The van der Waals surface area contributed by atoms with Gasteiger partial charge in [-0.05, 0) is 12.3 Å². The molecule has 0 saturated carbocycles. The summed E-state index contributed by atoms with van der Waals surface area (Å²) in [4.78, 5) is 13.3. The van der Waals surface area contributed by atoms with Crippen molar-refractivity contribution in [2.45, 2.75) is 6.42 Å². The first kappa shape index (κ1) is 13.2. The standard InChI is InChI=1S/C12H11ClF3NO/c13-5-7-1-2-17(6-7)12(18)11-9(15)3-8(14)4-10(11)16/h3-4,7H,1-2,5-6H2. The first-order chi connectivity index (χ1) is 8.52. The van der Waals surface area contributed by atoms with Crippen molar-refractivity contribution in [1.29, 1.82) is 0 Å².